The number of nitrogens with one attached hydrogen (secondary N) is 2. The maximum atomic E-state index is 6.39. The lowest BCUT2D eigenvalue weighted by Crippen LogP contribution is -1.71. The molecule has 0 bridgehead atoms. The van der Waals surface area contributed by atoms with Crippen molar-refractivity contribution in [2.24, 2.45) is 0 Å². The monoisotopic (exact) mass is 290 g/mol. The van der Waals surface area contributed by atoms with Gasteiger partial charge >= 0.3 is 0 Å². The van der Waals surface area contributed by atoms with Crippen LogP contribution in [0.4, 0.5) is 0 Å². The minimum atomic E-state index is 0.790. The van der Waals surface area contributed by atoms with E-state index in [1.54, 1.807) is 0 Å². The molecule has 0 saturated carbocycles. The van der Waals surface area contributed by atoms with E-state index in [1.807, 2.05) is 12.1 Å². The van der Waals surface area contributed by atoms with Crippen molar-refractivity contribution < 1.29 is 0 Å². The Labute approximate surface area is 125 Å². The highest BCUT2D eigenvalue weighted by molar-refractivity contribution is 6.38. The third-order valence-corrected chi connectivity index (χ3v) is 4.51. The summed E-state index contributed by atoms with van der Waals surface area (Å²) in [5.41, 5.74) is 4.49. The minimum absolute atomic E-state index is 0.790. The second kappa shape index (κ2) is 3.80. The Morgan fingerprint density at radius 2 is 1.38 bits per heavy atom. The van der Waals surface area contributed by atoms with Crippen molar-refractivity contribution in [2.75, 3.05) is 0 Å². The first-order valence-corrected chi connectivity index (χ1v) is 7.29. The zero-order chi connectivity index (χ0) is 14.0. The van der Waals surface area contributed by atoms with Gasteiger partial charge in [0.05, 0.1) is 5.02 Å². The van der Waals surface area contributed by atoms with Gasteiger partial charge < -0.3 is 9.97 Å². The Hall–Kier alpha value is -2.45. The minimum Gasteiger partial charge on any atom is -0.354 e. The molecule has 21 heavy (non-hydrogen) atoms. The second-order valence-electron chi connectivity index (χ2n) is 5.40. The highest BCUT2D eigenvalue weighted by atomic mass is 35.5. The van der Waals surface area contributed by atoms with Crippen molar-refractivity contribution in [3.63, 3.8) is 0 Å². The Balaban J connectivity index is 2.06. The largest absolute Gasteiger partial charge is 0.354 e. The number of fused-ring (bicyclic) bond motifs is 6. The molecule has 0 aliphatic rings. The van der Waals surface area contributed by atoms with E-state index in [0.717, 1.165) is 32.5 Å². The van der Waals surface area contributed by atoms with Gasteiger partial charge in [0.1, 0.15) is 0 Å². The van der Waals surface area contributed by atoms with E-state index in [4.69, 9.17) is 11.6 Å². The lowest BCUT2D eigenvalue weighted by Gasteiger charge is -1.96. The molecule has 0 aliphatic carbocycles. The zero-order valence-corrected chi connectivity index (χ0v) is 11.8. The van der Waals surface area contributed by atoms with Gasteiger partial charge in [0.15, 0.2) is 0 Å². The molecule has 3 aromatic carbocycles. The number of rotatable bonds is 0. The number of para-hydroxylation sites is 1. The van der Waals surface area contributed by atoms with Crippen molar-refractivity contribution in [2.45, 2.75) is 0 Å². The number of hydrogen-bond donors (Lipinski definition) is 2. The summed E-state index contributed by atoms with van der Waals surface area (Å²) in [4.78, 5) is 6.93. The molecule has 0 spiro atoms. The van der Waals surface area contributed by atoms with Crippen molar-refractivity contribution in [3.8, 4) is 0 Å². The topological polar surface area (TPSA) is 31.6 Å². The molecule has 3 heteroatoms. The van der Waals surface area contributed by atoms with Crippen LogP contribution in [0.15, 0.2) is 54.6 Å². The van der Waals surface area contributed by atoms with Crippen molar-refractivity contribution in [3.05, 3.63) is 59.6 Å². The lowest BCUT2D eigenvalue weighted by atomic mass is 10.1. The van der Waals surface area contributed by atoms with E-state index in [2.05, 4.69) is 52.4 Å². The fourth-order valence-corrected chi connectivity index (χ4v) is 3.53. The Morgan fingerprint density at radius 3 is 2.33 bits per heavy atom. The SMILES string of the molecule is Clc1cccc2[nH]c3cc4[nH]c5ccccc5c4cc3c12. The molecule has 2 N–H and O–H groups in total. The van der Waals surface area contributed by atoms with Crippen LogP contribution in [0.5, 0.6) is 0 Å². The molecule has 0 saturated heterocycles. The van der Waals surface area contributed by atoms with Gasteiger partial charge in [-0.05, 0) is 30.3 Å². The van der Waals surface area contributed by atoms with Crippen LogP contribution in [0.1, 0.15) is 0 Å². The average molecular weight is 291 g/mol. The first-order chi connectivity index (χ1) is 10.3. The first kappa shape index (κ1) is 11.2. The maximum Gasteiger partial charge on any atom is 0.0506 e. The first-order valence-electron chi connectivity index (χ1n) is 6.92. The quantitative estimate of drug-likeness (QED) is 0.371. The number of H-pyrrole nitrogens is 2. The standard InChI is InChI=1S/C18H11ClN2/c19-13-5-3-7-15-18(13)12-8-11-10-4-1-2-6-14(10)20-16(11)9-17(12)21-15/h1-9,20-21H. The summed E-state index contributed by atoms with van der Waals surface area (Å²) in [6.07, 6.45) is 0. The van der Waals surface area contributed by atoms with Gasteiger partial charge in [-0.15, -0.1) is 0 Å². The van der Waals surface area contributed by atoms with E-state index in [0.29, 0.717) is 0 Å². The van der Waals surface area contributed by atoms with Crippen LogP contribution >= 0.6 is 11.6 Å². The van der Waals surface area contributed by atoms with E-state index in [-0.39, 0.29) is 0 Å². The van der Waals surface area contributed by atoms with Crippen LogP contribution < -0.4 is 0 Å². The lowest BCUT2D eigenvalue weighted by molar-refractivity contribution is 1.52. The summed E-state index contributed by atoms with van der Waals surface area (Å²) in [5.74, 6) is 0. The third-order valence-electron chi connectivity index (χ3n) is 4.20. The van der Waals surface area contributed by atoms with E-state index < -0.39 is 0 Å². The molecular formula is C18H11ClN2. The maximum absolute atomic E-state index is 6.39. The van der Waals surface area contributed by atoms with Gasteiger partial charge in [0.25, 0.3) is 0 Å². The summed E-state index contributed by atoms with van der Waals surface area (Å²) in [5, 5.41) is 5.54. The molecule has 0 aliphatic heterocycles. The smallest absolute Gasteiger partial charge is 0.0506 e. The van der Waals surface area contributed by atoms with Gasteiger partial charge in [-0.2, -0.15) is 0 Å². The fraction of sp³-hybridized carbons (Fsp3) is 0. The Bertz CT molecular complexity index is 1150. The molecular weight excluding hydrogens is 280 g/mol. The molecule has 5 rings (SSSR count). The normalized spacial score (nSPS) is 12.0. The van der Waals surface area contributed by atoms with Crippen LogP contribution in [0.2, 0.25) is 5.02 Å². The molecule has 0 atom stereocenters. The molecule has 0 unspecified atom stereocenters. The molecule has 0 fully saturated rings. The molecule has 2 aromatic heterocycles. The summed E-state index contributed by atoms with van der Waals surface area (Å²) in [6.45, 7) is 0. The van der Waals surface area contributed by atoms with Crippen molar-refractivity contribution >= 4 is 55.2 Å². The van der Waals surface area contributed by atoms with Crippen molar-refractivity contribution in [1.29, 1.82) is 0 Å². The van der Waals surface area contributed by atoms with Crippen LogP contribution in [0.3, 0.4) is 0 Å². The molecule has 0 radical (unpaired) electrons. The summed E-state index contributed by atoms with van der Waals surface area (Å²) in [6, 6.07) is 18.8. The zero-order valence-electron chi connectivity index (χ0n) is 11.1. The fourth-order valence-electron chi connectivity index (χ4n) is 3.26. The number of halogens is 1. The third kappa shape index (κ3) is 1.43. The summed E-state index contributed by atoms with van der Waals surface area (Å²) < 4.78 is 0. The van der Waals surface area contributed by atoms with Gasteiger partial charge in [0.2, 0.25) is 0 Å². The molecule has 2 heterocycles. The van der Waals surface area contributed by atoms with E-state index in [1.165, 1.54) is 16.2 Å². The molecule has 100 valence electrons. The van der Waals surface area contributed by atoms with Crippen LogP contribution in [0.25, 0.3) is 43.6 Å². The number of hydrogen-bond acceptors (Lipinski definition) is 0. The predicted molar refractivity (Wildman–Crippen MR) is 90.2 cm³/mol. The van der Waals surface area contributed by atoms with E-state index in [9.17, 15) is 0 Å². The van der Waals surface area contributed by atoms with Crippen molar-refractivity contribution in [1.82, 2.24) is 9.97 Å². The van der Waals surface area contributed by atoms with Crippen LogP contribution in [-0.4, -0.2) is 9.97 Å². The predicted octanol–water partition coefficient (Wildman–Crippen LogP) is 5.61. The van der Waals surface area contributed by atoms with Gasteiger partial charge in [-0.25, -0.2) is 0 Å². The number of aromatic amines is 2. The molecule has 5 aromatic rings. The van der Waals surface area contributed by atoms with E-state index >= 15 is 0 Å². The molecule has 0 amide bonds. The van der Waals surface area contributed by atoms with Crippen LogP contribution in [-0.2, 0) is 0 Å². The van der Waals surface area contributed by atoms with Gasteiger partial charge in [-0.1, -0.05) is 35.9 Å². The average Bonchev–Trinajstić information content (AvgIpc) is 3.02. The van der Waals surface area contributed by atoms with Gasteiger partial charge in [-0.3, -0.25) is 0 Å². The highest BCUT2D eigenvalue weighted by Crippen LogP contribution is 2.35. The summed E-state index contributed by atoms with van der Waals surface area (Å²) >= 11 is 6.39. The number of aromatic nitrogens is 2. The molecule has 2 nitrogen and oxygen atoms in total. The Kier molecular flexibility index (Phi) is 2.04. The number of benzene rings is 3. The second-order valence-corrected chi connectivity index (χ2v) is 5.81. The summed E-state index contributed by atoms with van der Waals surface area (Å²) in [7, 11) is 0. The van der Waals surface area contributed by atoms with Crippen LogP contribution in [0, 0.1) is 0 Å². The highest BCUT2D eigenvalue weighted by Gasteiger charge is 2.11. The Morgan fingerprint density at radius 1 is 0.619 bits per heavy atom. The van der Waals surface area contributed by atoms with Gasteiger partial charge in [0, 0.05) is 43.6 Å².